The Morgan fingerprint density at radius 2 is 1.84 bits per heavy atom. The molecule has 0 atom stereocenters. The number of amides is 1. The first kappa shape index (κ1) is 21.2. The maximum atomic E-state index is 12.9. The number of aromatic nitrogens is 3. The number of fused-ring (bicyclic) bond motifs is 1. The molecule has 0 saturated carbocycles. The molecule has 3 aromatic rings. The molecule has 8 heteroatoms. The topological polar surface area (TPSA) is 69.4 Å². The molecule has 162 valence electrons. The van der Waals surface area contributed by atoms with Gasteiger partial charge in [-0.3, -0.25) is 9.59 Å². The second kappa shape index (κ2) is 8.59. The summed E-state index contributed by atoms with van der Waals surface area (Å²) in [6.45, 7) is 7.81. The monoisotopic (exact) mass is 440 g/mol. The van der Waals surface area contributed by atoms with Crippen LogP contribution in [0.3, 0.4) is 0 Å². The third kappa shape index (κ3) is 4.23. The van der Waals surface area contributed by atoms with Gasteiger partial charge in [0.15, 0.2) is 0 Å². The summed E-state index contributed by atoms with van der Waals surface area (Å²) in [5.74, 6) is 0.651. The molecule has 1 aliphatic heterocycles. The van der Waals surface area contributed by atoms with E-state index in [9.17, 15) is 9.59 Å². The molecule has 0 fully saturated rings. The Hall–Kier alpha value is -3.06. The maximum Gasteiger partial charge on any atom is 0.275 e. The van der Waals surface area contributed by atoms with E-state index in [-0.39, 0.29) is 11.5 Å². The fraction of sp³-hybridized carbons (Fsp3) is 0.348. The number of carbonyl (C=O) groups is 1. The SMILES string of the molecule is Cc1cn(-c2ccc3n(c2=O)CCN(CCCOc2cc(C)c(Cl)c(C)c2)C3=O)cn1. The van der Waals surface area contributed by atoms with Crippen molar-refractivity contribution in [3.8, 4) is 11.4 Å². The molecule has 0 saturated heterocycles. The van der Waals surface area contributed by atoms with Crippen molar-refractivity contribution in [3.05, 3.63) is 74.7 Å². The van der Waals surface area contributed by atoms with E-state index < -0.39 is 0 Å². The Bertz CT molecular complexity index is 1170. The second-order valence-corrected chi connectivity index (χ2v) is 8.23. The molecule has 1 aromatic carbocycles. The fourth-order valence-corrected chi connectivity index (χ4v) is 3.97. The van der Waals surface area contributed by atoms with Gasteiger partial charge in [0.05, 0.1) is 18.6 Å². The number of pyridine rings is 1. The molecular formula is C23H25ClN4O3. The van der Waals surface area contributed by atoms with Crippen LogP contribution in [0, 0.1) is 20.8 Å². The van der Waals surface area contributed by atoms with Crippen LogP contribution in [0.1, 0.15) is 33.7 Å². The van der Waals surface area contributed by atoms with E-state index in [1.807, 2.05) is 32.9 Å². The average molecular weight is 441 g/mol. The molecule has 0 N–H and O–H groups in total. The van der Waals surface area contributed by atoms with Crippen molar-refractivity contribution in [2.45, 2.75) is 33.7 Å². The minimum atomic E-state index is -0.181. The predicted octanol–water partition coefficient (Wildman–Crippen LogP) is 3.54. The molecular weight excluding hydrogens is 416 g/mol. The van der Waals surface area contributed by atoms with Crippen LogP contribution < -0.4 is 10.3 Å². The lowest BCUT2D eigenvalue weighted by Crippen LogP contribution is -2.45. The summed E-state index contributed by atoms with van der Waals surface area (Å²) in [6, 6.07) is 7.24. The van der Waals surface area contributed by atoms with Gasteiger partial charge in [0.2, 0.25) is 0 Å². The number of imidazole rings is 1. The van der Waals surface area contributed by atoms with Gasteiger partial charge in [-0.05, 0) is 62.6 Å². The summed E-state index contributed by atoms with van der Waals surface area (Å²) < 4.78 is 9.09. The molecule has 7 nitrogen and oxygen atoms in total. The van der Waals surface area contributed by atoms with Gasteiger partial charge < -0.3 is 18.8 Å². The first-order valence-corrected chi connectivity index (χ1v) is 10.7. The fourth-order valence-electron chi connectivity index (χ4n) is 3.86. The normalized spacial score (nSPS) is 13.4. The Labute approximate surface area is 185 Å². The zero-order valence-corrected chi connectivity index (χ0v) is 18.6. The highest BCUT2D eigenvalue weighted by Crippen LogP contribution is 2.26. The minimum absolute atomic E-state index is 0.130. The van der Waals surface area contributed by atoms with E-state index in [0.29, 0.717) is 44.0 Å². The number of halogens is 1. The van der Waals surface area contributed by atoms with Crippen molar-refractivity contribution in [1.82, 2.24) is 19.0 Å². The highest BCUT2D eigenvalue weighted by atomic mass is 35.5. The highest BCUT2D eigenvalue weighted by molar-refractivity contribution is 6.32. The predicted molar refractivity (Wildman–Crippen MR) is 120 cm³/mol. The van der Waals surface area contributed by atoms with Crippen LogP contribution >= 0.6 is 11.6 Å². The summed E-state index contributed by atoms with van der Waals surface area (Å²) in [5, 5.41) is 0.756. The molecule has 3 heterocycles. The summed E-state index contributed by atoms with van der Waals surface area (Å²) in [7, 11) is 0. The molecule has 31 heavy (non-hydrogen) atoms. The number of ether oxygens (including phenoxy) is 1. The van der Waals surface area contributed by atoms with Crippen molar-refractivity contribution < 1.29 is 9.53 Å². The van der Waals surface area contributed by atoms with Crippen molar-refractivity contribution in [2.75, 3.05) is 19.7 Å². The van der Waals surface area contributed by atoms with E-state index in [2.05, 4.69) is 4.98 Å². The maximum absolute atomic E-state index is 12.9. The zero-order chi connectivity index (χ0) is 22.1. The lowest BCUT2D eigenvalue weighted by atomic mass is 10.1. The molecule has 0 spiro atoms. The lowest BCUT2D eigenvalue weighted by Gasteiger charge is -2.29. The standard InChI is InChI=1S/C23H25ClN4O3/c1-15-11-18(12-16(2)21(15)24)31-10-4-7-26-8-9-28-20(22(26)29)6-5-19(23(28)30)27-13-17(3)25-14-27/h5-6,11-14H,4,7-10H2,1-3H3. The molecule has 1 aliphatic rings. The van der Waals surface area contributed by atoms with Crippen LogP contribution in [0.25, 0.3) is 5.69 Å². The minimum Gasteiger partial charge on any atom is -0.494 e. The van der Waals surface area contributed by atoms with Crippen LogP contribution in [0.15, 0.2) is 41.6 Å². The molecule has 2 aromatic heterocycles. The van der Waals surface area contributed by atoms with Crippen LogP contribution in [-0.4, -0.2) is 44.6 Å². The summed E-state index contributed by atoms with van der Waals surface area (Å²) in [6.07, 6.45) is 4.10. The molecule has 0 radical (unpaired) electrons. The van der Waals surface area contributed by atoms with Gasteiger partial charge in [-0.25, -0.2) is 4.98 Å². The van der Waals surface area contributed by atoms with Crippen LogP contribution in [-0.2, 0) is 6.54 Å². The van der Waals surface area contributed by atoms with Gasteiger partial charge in [0.1, 0.15) is 17.1 Å². The van der Waals surface area contributed by atoms with Crippen LogP contribution in [0.4, 0.5) is 0 Å². The Balaban J connectivity index is 1.39. The number of benzene rings is 1. The molecule has 0 aliphatic carbocycles. The number of rotatable bonds is 6. The number of carbonyl (C=O) groups excluding carboxylic acids is 1. The summed E-state index contributed by atoms with van der Waals surface area (Å²) in [4.78, 5) is 31.7. The van der Waals surface area contributed by atoms with Gasteiger partial charge in [0.25, 0.3) is 11.5 Å². The Morgan fingerprint density at radius 3 is 2.52 bits per heavy atom. The van der Waals surface area contributed by atoms with Gasteiger partial charge in [-0.1, -0.05) is 11.6 Å². The van der Waals surface area contributed by atoms with Crippen LogP contribution in [0.5, 0.6) is 5.75 Å². The summed E-state index contributed by atoms with van der Waals surface area (Å²) >= 11 is 6.20. The van der Waals surface area contributed by atoms with Gasteiger partial charge in [-0.15, -0.1) is 0 Å². The van der Waals surface area contributed by atoms with Gasteiger partial charge >= 0.3 is 0 Å². The average Bonchev–Trinajstić information content (AvgIpc) is 3.17. The quantitative estimate of drug-likeness (QED) is 0.550. The smallest absolute Gasteiger partial charge is 0.275 e. The third-order valence-electron chi connectivity index (χ3n) is 5.49. The molecule has 1 amide bonds. The summed E-state index contributed by atoms with van der Waals surface area (Å²) in [5.41, 5.74) is 3.52. The van der Waals surface area contributed by atoms with E-state index in [1.165, 1.54) is 0 Å². The number of hydrogen-bond acceptors (Lipinski definition) is 4. The van der Waals surface area contributed by atoms with Crippen LogP contribution in [0.2, 0.25) is 5.02 Å². The molecule has 0 unspecified atom stereocenters. The Kier molecular flexibility index (Phi) is 5.87. The number of nitrogens with zero attached hydrogens (tertiary/aromatic N) is 4. The van der Waals surface area contributed by atoms with Gasteiger partial charge in [-0.2, -0.15) is 0 Å². The van der Waals surface area contributed by atoms with Crippen molar-refractivity contribution in [3.63, 3.8) is 0 Å². The lowest BCUT2D eigenvalue weighted by molar-refractivity contribution is 0.0691. The zero-order valence-electron chi connectivity index (χ0n) is 17.9. The largest absolute Gasteiger partial charge is 0.494 e. The third-order valence-corrected chi connectivity index (χ3v) is 6.09. The number of aryl methyl sites for hydroxylation is 3. The highest BCUT2D eigenvalue weighted by Gasteiger charge is 2.25. The number of hydrogen-bond donors (Lipinski definition) is 0. The molecule has 0 bridgehead atoms. The Morgan fingerprint density at radius 1 is 1.10 bits per heavy atom. The first-order valence-electron chi connectivity index (χ1n) is 10.3. The first-order chi connectivity index (χ1) is 14.8. The van der Waals surface area contributed by atoms with Gasteiger partial charge in [0, 0.05) is 30.9 Å². The second-order valence-electron chi connectivity index (χ2n) is 7.85. The van der Waals surface area contributed by atoms with E-state index in [0.717, 1.165) is 27.6 Å². The van der Waals surface area contributed by atoms with Crippen molar-refractivity contribution in [2.24, 2.45) is 0 Å². The van der Waals surface area contributed by atoms with E-state index in [4.69, 9.17) is 16.3 Å². The van der Waals surface area contributed by atoms with E-state index >= 15 is 0 Å². The van der Waals surface area contributed by atoms with Crippen molar-refractivity contribution >= 4 is 17.5 Å². The van der Waals surface area contributed by atoms with Crippen molar-refractivity contribution in [1.29, 1.82) is 0 Å². The van der Waals surface area contributed by atoms with E-state index in [1.54, 1.807) is 38.7 Å². The molecule has 4 rings (SSSR count).